The summed E-state index contributed by atoms with van der Waals surface area (Å²) >= 11 is 0. The van der Waals surface area contributed by atoms with Crippen LogP contribution in [0, 0.1) is 0 Å². The molecule has 3 aliphatic rings. The van der Waals surface area contributed by atoms with Gasteiger partial charge < -0.3 is 16.5 Å². The van der Waals surface area contributed by atoms with E-state index in [1.807, 2.05) is 0 Å². The van der Waals surface area contributed by atoms with Crippen LogP contribution < -0.4 is 0 Å². The van der Waals surface area contributed by atoms with Crippen molar-refractivity contribution in [3.63, 3.8) is 0 Å². The lowest BCUT2D eigenvalue weighted by Crippen LogP contribution is -2.61. The Hall–Kier alpha value is 0.144. The molecule has 0 amide bonds. The zero-order valence-electron chi connectivity index (χ0n) is 17.8. The van der Waals surface area contributed by atoms with E-state index in [1.54, 1.807) is 0 Å². The van der Waals surface area contributed by atoms with Gasteiger partial charge in [0.15, 0.2) is 16.6 Å². The number of hydrogen-bond donors (Lipinski definition) is 0. The topological polar surface area (TPSA) is 36.9 Å². The molecule has 152 valence electrons. The Morgan fingerprint density at radius 2 is 0.741 bits per heavy atom. The second-order valence-corrected chi connectivity index (χ2v) is 29.6. The third-order valence-electron chi connectivity index (χ3n) is 4.80. The Morgan fingerprint density at radius 1 is 0.481 bits per heavy atom. The fraction of sp³-hybridized carbons (Fsp3) is 0.667. The summed E-state index contributed by atoms with van der Waals surface area (Å²) in [6, 6.07) is 5.77. The molecule has 0 fully saturated rings. The molecule has 0 N–H and O–H groups in total. The van der Waals surface area contributed by atoms with Gasteiger partial charge in [0, 0.05) is 36.3 Å². The van der Waals surface area contributed by atoms with Crippen LogP contribution in [0.2, 0.25) is 75.5 Å². The van der Waals surface area contributed by atoms with Crippen LogP contribution in [0.3, 0.4) is 0 Å². The van der Waals surface area contributed by atoms with Crippen molar-refractivity contribution >= 4 is 42.3 Å². The minimum absolute atomic E-state index is 0.945. The molecule has 0 radical (unpaired) electrons. The maximum absolute atomic E-state index is 7.11. The van der Waals surface area contributed by atoms with Gasteiger partial charge in [-0.25, -0.2) is 0 Å². The predicted molar refractivity (Wildman–Crippen MR) is 125 cm³/mol. The first-order valence-electron chi connectivity index (χ1n) is 10.2. The maximum atomic E-state index is 7.11. The van der Waals surface area contributed by atoms with Crippen molar-refractivity contribution < 1.29 is 16.5 Å². The first-order chi connectivity index (χ1) is 12.4. The summed E-state index contributed by atoms with van der Waals surface area (Å²) in [5.41, 5.74) is 0. The molecule has 0 unspecified atom stereocenters. The van der Waals surface area contributed by atoms with Crippen molar-refractivity contribution in [1.82, 2.24) is 0 Å². The number of hydrogen-bond acceptors (Lipinski definition) is 4. The highest BCUT2D eigenvalue weighted by atomic mass is 28.5. The molecule has 3 heterocycles. The number of allylic oxidation sites excluding steroid dienone is 6. The average molecular weight is 457 g/mol. The molecule has 9 heteroatoms. The summed E-state index contributed by atoms with van der Waals surface area (Å²) < 4.78 is 27.7. The Labute approximate surface area is 170 Å². The zero-order chi connectivity index (χ0) is 19.8. The molecule has 4 nitrogen and oxygen atoms in total. The van der Waals surface area contributed by atoms with Crippen LogP contribution in [-0.2, 0) is 16.5 Å². The SMILES string of the molecule is C[Si](C)(C)O[Si]1(O[Si]2(O[Si]3(O[Si](C)(C)C)CC=CC3)CC=CC2)CC=CC1. The molecule has 27 heavy (non-hydrogen) atoms. The predicted octanol–water partition coefficient (Wildman–Crippen LogP) is 5.76. The van der Waals surface area contributed by atoms with Crippen molar-refractivity contribution in [2.45, 2.75) is 75.5 Å². The van der Waals surface area contributed by atoms with Gasteiger partial charge in [0.2, 0.25) is 0 Å². The molecule has 0 saturated heterocycles. The summed E-state index contributed by atoms with van der Waals surface area (Å²) in [6.07, 6.45) is 13.6. The van der Waals surface area contributed by atoms with Gasteiger partial charge in [-0.15, -0.1) is 0 Å². The molecule has 3 rings (SSSR count). The molecular formula is C18H36O4Si5. The quantitative estimate of drug-likeness (QED) is 0.344. The minimum atomic E-state index is -2.38. The van der Waals surface area contributed by atoms with E-state index in [0.717, 1.165) is 36.3 Å². The van der Waals surface area contributed by atoms with Gasteiger partial charge in [-0.1, -0.05) is 36.5 Å². The third kappa shape index (κ3) is 5.83. The maximum Gasteiger partial charge on any atom is 0.328 e. The first-order valence-corrected chi connectivity index (χ1v) is 23.7. The third-order valence-corrected chi connectivity index (χ3v) is 23.8. The highest BCUT2D eigenvalue weighted by Gasteiger charge is 2.56. The highest BCUT2D eigenvalue weighted by Crippen LogP contribution is 2.42. The van der Waals surface area contributed by atoms with Gasteiger partial charge in [0.25, 0.3) is 0 Å². The Morgan fingerprint density at radius 3 is 1.00 bits per heavy atom. The van der Waals surface area contributed by atoms with Crippen LogP contribution in [0.5, 0.6) is 0 Å². The average Bonchev–Trinajstić information content (AvgIpc) is 3.19. The summed E-state index contributed by atoms with van der Waals surface area (Å²) in [6.45, 7) is 13.6. The second-order valence-electron chi connectivity index (χ2n) is 10.0. The molecule has 3 aliphatic heterocycles. The Kier molecular flexibility index (Phi) is 6.28. The van der Waals surface area contributed by atoms with E-state index in [4.69, 9.17) is 16.5 Å². The second kappa shape index (κ2) is 7.76. The lowest BCUT2D eigenvalue weighted by atomic mass is 10.6. The summed E-state index contributed by atoms with van der Waals surface area (Å²) in [5.74, 6) is 0. The van der Waals surface area contributed by atoms with E-state index in [-0.39, 0.29) is 0 Å². The summed E-state index contributed by atoms with van der Waals surface area (Å²) in [7, 11) is -10.3. The van der Waals surface area contributed by atoms with Crippen molar-refractivity contribution in [1.29, 1.82) is 0 Å². The van der Waals surface area contributed by atoms with E-state index in [9.17, 15) is 0 Å². The van der Waals surface area contributed by atoms with Gasteiger partial charge in [0.1, 0.15) is 0 Å². The van der Waals surface area contributed by atoms with Crippen LogP contribution in [-0.4, -0.2) is 42.3 Å². The first kappa shape index (κ1) is 21.8. The van der Waals surface area contributed by atoms with Crippen LogP contribution in [0.4, 0.5) is 0 Å². The standard InChI is InChI=1S/C18H36O4Si5/c1-23(2,3)19-25(13-7-8-14-25)21-27(17-11-12-18-27)22-26(15-9-10-16-26)20-24(4,5)6/h7-12H,13-18H2,1-6H3. The summed E-state index contributed by atoms with van der Waals surface area (Å²) in [4.78, 5) is 0. The number of rotatable bonds is 8. The molecule has 0 aromatic rings. The fourth-order valence-corrected chi connectivity index (χ4v) is 27.8. The van der Waals surface area contributed by atoms with Crippen molar-refractivity contribution in [3.8, 4) is 0 Å². The lowest BCUT2D eigenvalue weighted by Gasteiger charge is -2.45. The largest absolute Gasteiger partial charge is 0.436 e. The van der Waals surface area contributed by atoms with Crippen LogP contribution in [0.1, 0.15) is 0 Å². The van der Waals surface area contributed by atoms with Gasteiger partial charge in [-0.2, -0.15) is 0 Å². The fourth-order valence-electron chi connectivity index (χ4n) is 4.18. The Bertz CT molecular complexity index is 563. The van der Waals surface area contributed by atoms with Gasteiger partial charge in [-0.05, 0) is 39.3 Å². The highest BCUT2D eigenvalue weighted by molar-refractivity contribution is 6.93. The van der Waals surface area contributed by atoms with Crippen molar-refractivity contribution in [3.05, 3.63) is 36.5 Å². The van der Waals surface area contributed by atoms with Crippen LogP contribution >= 0.6 is 0 Å². The van der Waals surface area contributed by atoms with E-state index >= 15 is 0 Å². The molecule has 0 atom stereocenters. The van der Waals surface area contributed by atoms with E-state index < -0.39 is 42.3 Å². The van der Waals surface area contributed by atoms with Gasteiger partial charge in [-0.3, -0.25) is 0 Å². The lowest BCUT2D eigenvalue weighted by molar-refractivity contribution is 0.287. The van der Waals surface area contributed by atoms with Crippen LogP contribution in [0.25, 0.3) is 0 Å². The molecule has 0 aromatic carbocycles. The minimum Gasteiger partial charge on any atom is -0.436 e. The molecule has 0 aromatic heterocycles. The van der Waals surface area contributed by atoms with Gasteiger partial charge in [0.05, 0.1) is 0 Å². The van der Waals surface area contributed by atoms with E-state index in [0.29, 0.717) is 0 Å². The van der Waals surface area contributed by atoms with Crippen LogP contribution in [0.15, 0.2) is 36.5 Å². The summed E-state index contributed by atoms with van der Waals surface area (Å²) in [5, 5.41) is 0. The smallest absolute Gasteiger partial charge is 0.328 e. The van der Waals surface area contributed by atoms with E-state index in [1.165, 1.54) is 0 Å². The molecule has 0 aliphatic carbocycles. The monoisotopic (exact) mass is 456 g/mol. The molecular weight excluding hydrogens is 421 g/mol. The molecule has 0 spiro atoms. The van der Waals surface area contributed by atoms with E-state index in [2.05, 4.69) is 75.7 Å². The van der Waals surface area contributed by atoms with Crippen molar-refractivity contribution in [2.24, 2.45) is 0 Å². The normalized spacial score (nSPS) is 25.6. The van der Waals surface area contributed by atoms with Crippen molar-refractivity contribution in [2.75, 3.05) is 0 Å². The zero-order valence-corrected chi connectivity index (χ0v) is 22.8. The molecule has 0 saturated carbocycles. The molecule has 0 bridgehead atoms. The van der Waals surface area contributed by atoms with Gasteiger partial charge >= 0.3 is 25.7 Å². The Balaban J connectivity index is 1.83.